The molecule has 0 unspecified atom stereocenters. The Morgan fingerprint density at radius 1 is 0.772 bits per heavy atom. The maximum Gasteiger partial charge on any atom is 0.258 e. The molecule has 3 fully saturated rings. The van der Waals surface area contributed by atoms with Crippen molar-refractivity contribution in [1.29, 1.82) is 0 Å². The molecule has 2 saturated heterocycles. The number of hydrogen-bond donors (Lipinski definition) is 1. The average molecular weight is 832 g/mol. The van der Waals surface area contributed by atoms with Gasteiger partial charge in [0.15, 0.2) is 21.2 Å². The van der Waals surface area contributed by atoms with Crippen LogP contribution in [0.4, 0.5) is 15.8 Å². The molecule has 6 atom stereocenters. The summed E-state index contributed by atoms with van der Waals surface area (Å²) in [6, 6.07) is 20.0. The number of amides is 4. The lowest BCUT2D eigenvalue weighted by molar-refractivity contribution is -0.125. The number of phenols is 1. The van der Waals surface area contributed by atoms with Gasteiger partial charge >= 0.3 is 0 Å². The summed E-state index contributed by atoms with van der Waals surface area (Å²) in [5.41, 5.74) is 2.80. The molecule has 4 aromatic carbocycles. The summed E-state index contributed by atoms with van der Waals surface area (Å²) in [6.45, 7) is 0. The molecule has 57 heavy (non-hydrogen) atoms. The molecule has 0 spiro atoms. The van der Waals surface area contributed by atoms with E-state index in [1.807, 2.05) is 18.2 Å². The van der Waals surface area contributed by atoms with E-state index < -0.39 is 62.9 Å². The van der Waals surface area contributed by atoms with E-state index in [1.165, 1.54) is 31.4 Å². The van der Waals surface area contributed by atoms with Crippen LogP contribution in [-0.4, -0.2) is 59.8 Å². The number of rotatable bonds is 8. The van der Waals surface area contributed by atoms with Crippen LogP contribution in [0.15, 0.2) is 90.5 Å². The summed E-state index contributed by atoms with van der Waals surface area (Å²) in [4.78, 5) is 55.6. The van der Waals surface area contributed by atoms with Gasteiger partial charge in [-0.3, -0.25) is 24.1 Å². The topological polar surface area (TPSA) is 123 Å². The molecule has 0 bridgehead atoms. The molecule has 0 radical (unpaired) electrons. The molecule has 4 aromatic rings. The second kappa shape index (κ2) is 14.2. The van der Waals surface area contributed by atoms with Crippen molar-refractivity contribution in [2.75, 3.05) is 31.1 Å². The van der Waals surface area contributed by atoms with Crippen molar-refractivity contribution in [3.8, 4) is 23.0 Å². The van der Waals surface area contributed by atoms with Crippen LogP contribution in [0.2, 0.25) is 5.02 Å². The largest absolute Gasteiger partial charge is 0.503 e. The van der Waals surface area contributed by atoms with E-state index in [9.17, 15) is 28.7 Å². The number of allylic oxidation sites excluding steroid dienone is 2. The maximum absolute atomic E-state index is 14.6. The fraction of sp³-hybridized carbons (Fsp3) is 0.256. The Balaban J connectivity index is 1.17. The lowest BCUT2D eigenvalue weighted by Gasteiger charge is -2.50. The van der Waals surface area contributed by atoms with Gasteiger partial charge in [-0.1, -0.05) is 47.5 Å². The van der Waals surface area contributed by atoms with Gasteiger partial charge in [-0.15, -0.1) is 23.2 Å². The van der Waals surface area contributed by atoms with E-state index in [-0.39, 0.29) is 40.6 Å². The Bertz CT molecular complexity index is 2420. The van der Waals surface area contributed by atoms with Crippen LogP contribution in [0.1, 0.15) is 35.4 Å². The summed E-state index contributed by atoms with van der Waals surface area (Å²) < 4.78 is 30.2. The van der Waals surface area contributed by atoms with Gasteiger partial charge in [0.05, 0.1) is 49.6 Å². The summed E-state index contributed by atoms with van der Waals surface area (Å²) in [5.74, 6) is -6.05. The number of methoxy groups -OCH3 is 3. The van der Waals surface area contributed by atoms with E-state index in [4.69, 9.17) is 49.0 Å². The molecule has 1 saturated carbocycles. The molecule has 10 nitrogen and oxygen atoms in total. The van der Waals surface area contributed by atoms with Crippen molar-refractivity contribution in [1.82, 2.24) is 0 Å². The van der Waals surface area contributed by atoms with Crippen LogP contribution in [0, 0.1) is 23.6 Å². The van der Waals surface area contributed by atoms with Crippen LogP contribution in [0.5, 0.6) is 23.0 Å². The number of phenolic OH excluding ortho intramolecular Hbond substituents is 1. The van der Waals surface area contributed by atoms with Crippen LogP contribution in [0.25, 0.3) is 12.2 Å². The molecule has 8 rings (SSSR count). The van der Waals surface area contributed by atoms with Gasteiger partial charge in [0.1, 0.15) is 17.3 Å². The number of carbonyl (C=O) groups is 4. The monoisotopic (exact) mass is 830 g/mol. The Morgan fingerprint density at radius 2 is 1.44 bits per heavy atom. The highest BCUT2D eigenvalue weighted by Gasteiger charge is 2.76. The molecule has 292 valence electrons. The molecule has 2 aliphatic heterocycles. The SMILES string of the molecule is COc1ccc(OC)c(C=Cc2ccc(N3C(=O)[C@H]4[C@H](CC=C5[C@H]4C[C@@]4(Cl)C(=O)N(c6ccc(F)cc6)C(=O)[C@@]4(Cl)[C@H]5c4cc(Cl)c(O)c(OC)c4)C3=O)cc2)c1. The Hall–Kier alpha value is -5.36. The number of imide groups is 2. The molecule has 14 heteroatoms. The maximum atomic E-state index is 14.6. The second-order valence-corrected chi connectivity index (χ2v) is 16.0. The van der Waals surface area contributed by atoms with Crippen molar-refractivity contribution < 1.29 is 42.9 Å². The zero-order valence-corrected chi connectivity index (χ0v) is 32.9. The molecule has 1 N–H and O–H groups in total. The lowest BCUT2D eigenvalue weighted by atomic mass is 9.56. The summed E-state index contributed by atoms with van der Waals surface area (Å²) in [5, 5.41) is 10.5. The predicted octanol–water partition coefficient (Wildman–Crippen LogP) is 8.15. The van der Waals surface area contributed by atoms with Gasteiger partial charge in [-0.25, -0.2) is 9.29 Å². The normalized spacial score (nSPS) is 26.7. The first-order valence-electron chi connectivity index (χ1n) is 17.9. The van der Waals surface area contributed by atoms with Gasteiger partial charge in [-0.2, -0.15) is 0 Å². The standard InChI is InChI=1S/C43H34Cl3FN2O8/c1-55-28-14-17-33(56-2)23(18-28)7-4-22-5-10-26(11-6-22)48-38(51)30-16-15-29-31(35(30)39(48)52)21-42(45)40(53)49(27-12-8-25(47)9-13-27)41(54)43(42,46)36(29)24-19-32(44)37(50)34(20-24)57-3/h4-15,17-20,30-31,35-36,50H,16,21H2,1-3H3/t30-,31+,35-,36-,42+,43-/m0/s1. The number of nitrogens with zero attached hydrogens (tertiary/aromatic N) is 2. The third kappa shape index (κ3) is 5.81. The van der Waals surface area contributed by atoms with Gasteiger partial charge in [0, 0.05) is 11.5 Å². The molecule has 4 aliphatic rings. The number of aromatic hydroxyl groups is 1. The quantitative estimate of drug-likeness (QED) is 0.0818. The second-order valence-electron chi connectivity index (χ2n) is 14.3. The van der Waals surface area contributed by atoms with Crippen molar-refractivity contribution in [3.05, 3.63) is 118 Å². The highest BCUT2D eigenvalue weighted by Crippen LogP contribution is 2.66. The van der Waals surface area contributed by atoms with E-state index in [1.54, 1.807) is 56.7 Å². The van der Waals surface area contributed by atoms with E-state index in [0.29, 0.717) is 22.8 Å². The minimum absolute atomic E-state index is 0.0271. The molecular weight excluding hydrogens is 798 g/mol. The van der Waals surface area contributed by atoms with E-state index in [2.05, 4.69) is 0 Å². The van der Waals surface area contributed by atoms with Crippen LogP contribution >= 0.6 is 34.8 Å². The first-order chi connectivity index (χ1) is 27.3. The number of benzene rings is 4. The molecular formula is C43H34Cl3FN2O8. The minimum atomic E-state index is -2.19. The fourth-order valence-corrected chi connectivity index (χ4v) is 9.99. The fourth-order valence-electron chi connectivity index (χ4n) is 8.83. The van der Waals surface area contributed by atoms with Crippen molar-refractivity contribution in [3.63, 3.8) is 0 Å². The smallest absolute Gasteiger partial charge is 0.258 e. The van der Waals surface area contributed by atoms with Crippen LogP contribution in [-0.2, 0) is 19.2 Å². The average Bonchev–Trinajstić information content (AvgIpc) is 3.55. The van der Waals surface area contributed by atoms with Crippen LogP contribution in [0.3, 0.4) is 0 Å². The highest BCUT2D eigenvalue weighted by molar-refractivity contribution is 6.58. The Kier molecular flexibility index (Phi) is 9.61. The van der Waals surface area contributed by atoms with E-state index >= 15 is 0 Å². The van der Waals surface area contributed by atoms with Crippen molar-refractivity contribution in [2.45, 2.75) is 28.5 Å². The minimum Gasteiger partial charge on any atom is -0.503 e. The van der Waals surface area contributed by atoms with Gasteiger partial charge in [0.2, 0.25) is 11.8 Å². The first-order valence-corrected chi connectivity index (χ1v) is 19.1. The summed E-state index contributed by atoms with van der Waals surface area (Å²) >= 11 is 21.4. The third-order valence-electron chi connectivity index (χ3n) is 11.5. The highest BCUT2D eigenvalue weighted by atomic mass is 35.5. The number of halogens is 4. The number of ether oxygens (including phenoxy) is 3. The number of alkyl halides is 2. The van der Waals surface area contributed by atoms with Gasteiger partial charge in [-0.05, 0) is 96.6 Å². The number of anilines is 2. The molecule has 2 aliphatic carbocycles. The molecule has 0 aromatic heterocycles. The van der Waals surface area contributed by atoms with Gasteiger partial charge in [0.25, 0.3) is 11.8 Å². The predicted molar refractivity (Wildman–Crippen MR) is 214 cm³/mol. The van der Waals surface area contributed by atoms with E-state index in [0.717, 1.165) is 33.1 Å². The Labute approximate surface area is 342 Å². The molecule has 4 amide bonds. The zero-order valence-electron chi connectivity index (χ0n) is 30.7. The molecule has 2 heterocycles. The van der Waals surface area contributed by atoms with Crippen molar-refractivity contribution >= 4 is 82.0 Å². The number of fused-ring (bicyclic) bond motifs is 4. The first kappa shape index (κ1) is 38.5. The third-order valence-corrected chi connectivity index (χ3v) is 13.2. The zero-order chi connectivity index (χ0) is 40.6. The van der Waals surface area contributed by atoms with Crippen LogP contribution < -0.4 is 24.0 Å². The lowest BCUT2D eigenvalue weighted by Crippen LogP contribution is -2.60. The summed E-state index contributed by atoms with van der Waals surface area (Å²) in [7, 11) is 4.48. The Morgan fingerprint density at radius 3 is 2.11 bits per heavy atom. The van der Waals surface area contributed by atoms with Crippen molar-refractivity contribution in [2.24, 2.45) is 17.8 Å². The number of hydrogen-bond acceptors (Lipinski definition) is 8. The van der Waals surface area contributed by atoms with Gasteiger partial charge < -0.3 is 19.3 Å². The number of carbonyl (C=O) groups excluding carboxylic acids is 4. The summed E-state index contributed by atoms with van der Waals surface area (Å²) in [6.07, 6.45) is 5.39.